The van der Waals surface area contributed by atoms with Gasteiger partial charge in [-0.2, -0.15) is 0 Å². The molecule has 0 saturated heterocycles. The van der Waals surface area contributed by atoms with E-state index in [-0.39, 0.29) is 24.0 Å². The van der Waals surface area contributed by atoms with Crippen LogP contribution in [0, 0.1) is 6.92 Å². The van der Waals surface area contributed by atoms with Crippen LogP contribution < -0.4 is 10.6 Å². The summed E-state index contributed by atoms with van der Waals surface area (Å²) < 4.78 is 5.32. The van der Waals surface area contributed by atoms with Crippen molar-refractivity contribution in [2.24, 2.45) is 4.99 Å². The molecule has 0 aliphatic heterocycles. The predicted octanol–water partition coefficient (Wildman–Crippen LogP) is 3.31. The largest absolute Gasteiger partial charge is 0.380 e. The van der Waals surface area contributed by atoms with E-state index in [4.69, 9.17) is 4.74 Å². The number of benzene rings is 1. The fraction of sp³-hybridized carbons (Fsp3) is 0.588. The van der Waals surface area contributed by atoms with Gasteiger partial charge >= 0.3 is 0 Å². The van der Waals surface area contributed by atoms with E-state index in [9.17, 15) is 0 Å². The molecule has 126 valence electrons. The Morgan fingerprint density at radius 1 is 1.27 bits per heavy atom. The monoisotopic (exact) mass is 419 g/mol. The topological polar surface area (TPSA) is 45.7 Å². The Labute approximate surface area is 152 Å². The van der Waals surface area contributed by atoms with E-state index < -0.39 is 0 Å². The molecule has 2 N–H and O–H groups in total. The van der Waals surface area contributed by atoms with E-state index in [2.05, 4.69) is 60.7 Å². The van der Waals surface area contributed by atoms with Crippen LogP contribution in [0.1, 0.15) is 37.8 Å². The predicted molar refractivity (Wildman–Crippen MR) is 105 cm³/mol. The lowest BCUT2D eigenvalue weighted by Crippen LogP contribution is -2.39. The van der Waals surface area contributed by atoms with E-state index >= 15 is 0 Å². The molecule has 1 aromatic rings. The summed E-state index contributed by atoms with van der Waals surface area (Å²) in [7, 11) is 0. The Hall–Kier alpha value is -0.820. The number of halogens is 1. The maximum absolute atomic E-state index is 5.32. The van der Waals surface area contributed by atoms with E-state index in [0.717, 1.165) is 32.2 Å². The number of nitrogens with one attached hydrogen (secondary N) is 2. The van der Waals surface area contributed by atoms with Crippen molar-refractivity contribution >= 4 is 29.9 Å². The summed E-state index contributed by atoms with van der Waals surface area (Å²) in [5.41, 5.74) is 2.63. The third-order valence-electron chi connectivity index (χ3n) is 3.22. The van der Waals surface area contributed by atoms with Gasteiger partial charge in [-0.3, -0.25) is 4.99 Å². The number of nitrogens with zero attached hydrogens (tertiary/aromatic N) is 1. The zero-order valence-electron chi connectivity index (χ0n) is 14.2. The summed E-state index contributed by atoms with van der Waals surface area (Å²) in [6.45, 7) is 12.3. The Morgan fingerprint density at radius 2 is 2.05 bits per heavy atom. The standard InChI is InChI=1S/C17H29N3O.HI/c1-5-18-17(19-10-11-21-6-2)20-13-15(4)16-9-7-8-14(3)12-16;/h7-9,12,15H,5-6,10-11,13H2,1-4H3,(H2,18,19,20);1H. The first-order chi connectivity index (χ1) is 10.2. The van der Waals surface area contributed by atoms with Gasteiger partial charge in [-0.25, -0.2) is 0 Å². The lowest BCUT2D eigenvalue weighted by molar-refractivity contribution is 0.152. The highest BCUT2D eigenvalue weighted by atomic mass is 127. The zero-order chi connectivity index (χ0) is 15.5. The molecule has 1 atom stereocenters. The summed E-state index contributed by atoms with van der Waals surface area (Å²) in [6.07, 6.45) is 0. The molecule has 0 aliphatic carbocycles. The van der Waals surface area contributed by atoms with Gasteiger partial charge in [0.25, 0.3) is 0 Å². The number of aryl methyl sites for hydroxylation is 1. The van der Waals surface area contributed by atoms with Crippen LogP contribution in [0.15, 0.2) is 29.3 Å². The molecule has 1 unspecified atom stereocenters. The summed E-state index contributed by atoms with van der Waals surface area (Å²) in [5, 5.41) is 6.55. The van der Waals surface area contributed by atoms with Gasteiger partial charge < -0.3 is 15.4 Å². The Kier molecular flexibility index (Phi) is 12.2. The maximum atomic E-state index is 5.32. The normalized spacial score (nSPS) is 12.5. The Balaban J connectivity index is 0.00000441. The molecule has 5 heteroatoms. The van der Waals surface area contributed by atoms with Gasteiger partial charge in [0.2, 0.25) is 0 Å². The minimum Gasteiger partial charge on any atom is -0.380 e. The molecule has 1 rings (SSSR count). The highest BCUT2D eigenvalue weighted by Crippen LogP contribution is 2.16. The third-order valence-corrected chi connectivity index (χ3v) is 3.22. The van der Waals surface area contributed by atoms with Gasteiger partial charge in [0.15, 0.2) is 5.96 Å². The van der Waals surface area contributed by atoms with Crippen LogP contribution in [0.3, 0.4) is 0 Å². The molecule has 1 aromatic carbocycles. The third kappa shape index (κ3) is 8.58. The van der Waals surface area contributed by atoms with E-state index in [1.807, 2.05) is 6.92 Å². The van der Waals surface area contributed by atoms with Gasteiger partial charge in [-0.05, 0) is 26.3 Å². The number of hydrogen-bond donors (Lipinski definition) is 2. The van der Waals surface area contributed by atoms with Gasteiger partial charge in [0.1, 0.15) is 0 Å². The summed E-state index contributed by atoms with van der Waals surface area (Å²) in [4.78, 5) is 4.66. The molecule has 0 fully saturated rings. The zero-order valence-corrected chi connectivity index (χ0v) is 16.5. The summed E-state index contributed by atoms with van der Waals surface area (Å²) in [6, 6.07) is 8.63. The van der Waals surface area contributed by atoms with E-state index in [0.29, 0.717) is 12.5 Å². The smallest absolute Gasteiger partial charge is 0.191 e. The number of aliphatic imine (C=N–C) groups is 1. The first kappa shape index (κ1) is 21.2. The van der Waals surface area contributed by atoms with Crippen LogP contribution in [-0.4, -0.2) is 38.8 Å². The van der Waals surface area contributed by atoms with Crippen molar-refractivity contribution in [1.29, 1.82) is 0 Å². The van der Waals surface area contributed by atoms with Gasteiger partial charge in [-0.15, -0.1) is 24.0 Å². The number of rotatable bonds is 8. The molecule has 0 spiro atoms. The van der Waals surface area contributed by atoms with Crippen molar-refractivity contribution < 1.29 is 4.74 Å². The number of ether oxygens (including phenoxy) is 1. The molecule has 0 bridgehead atoms. The molecule has 22 heavy (non-hydrogen) atoms. The van der Waals surface area contributed by atoms with Crippen molar-refractivity contribution in [1.82, 2.24) is 10.6 Å². The van der Waals surface area contributed by atoms with Crippen molar-refractivity contribution in [3.8, 4) is 0 Å². The fourth-order valence-corrected chi connectivity index (χ4v) is 2.04. The molecule has 4 nitrogen and oxygen atoms in total. The SMILES string of the molecule is CCNC(=NCC(C)c1cccc(C)c1)NCCOCC.I. The van der Waals surface area contributed by atoms with E-state index in [1.54, 1.807) is 0 Å². The second kappa shape index (κ2) is 12.7. The summed E-state index contributed by atoms with van der Waals surface area (Å²) >= 11 is 0. The molecule has 0 saturated carbocycles. The maximum Gasteiger partial charge on any atom is 0.191 e. The second-order valence-electron chi connectivity index (χ2n) is 5.16. The molecular weight excluding hydrogens is 389 g/mol. The average molecular weight is 419 g/mol. The van der Waals surface area contributed by atoms with Crippen LogP contribution in [0.4, 0.5) is 0 Å². The fourth-order valence-electron chi connectivity index (χ4n) is 2.04. The van der Waals surface area contributed by atoms with Crippen molar-refractivity contribution in [3.63, 3.8) is 0 Å². The van der Waals surface area contributed by atoms with Crippen molar-refractivity contribution in [2.45, 2.75) is 33.6 Å². The van der Waals surface area contributed by atoms with Gasteiger partial charge in [-0.1, -0.05) is 36.8 Å². The second-order valence-corrected chi connectivity index (χ2v) is 5.16. The molecular formula is C17H30IN3O. The molecule has 0 aliphatic rings. The van der Waals surface area contributed by atoms with Crippen LogP contribution in [0.25, 0.3) is 0 Å². The first-order valence-corrected chi connectivity index (χ1v) is 7.83. The van der Waals surface area contributed by atoms with Crippen LogP contribution in [-0.2, 0) is 4.74 Å². The Bertz CT molecular complexity index is 438. The first-order valence-electron chi connectivity index (χ1n) is 7.83. The molecule has 0 aromatic heterocycles. The van der Waals surface area contributed by atoms with Gasteiger partial charge in [0, 0.05) is 32.2 Å². The van der Waals surface area contributed by atoms with Crippen molar-refractivity contribution in [3.05, 3.63) is 35.4 Å². The van der Waals surface area contributed by atoms with Gasteiger partial charge in [0.05, 0.1) is 6.61 Å². The number of guanidine groups is 1. The quantitative estimate of drug-likeness (QED) is 0.294. The highest BCUT2D eigenvalue weighted by Gasteiger charge is 2.05. The molecule has 0 radical (unpaired) electrons. The summed E-state index contributed by atoms with van der Waals surface area (Å²) in [5.74, 6) is 1.27. The van der Waals surface area contributed by atoms with E-state index in [1.165, 1.54) is 11.1 Å². The van der Waals surface area contributed by atoms with Crippen molar-refractivity contribution in [2.75, 3.05) is 32.8 Å². The Morgan fingerprint density at radius 3 is 2.68 bits per heavy atom. The lowest BCUT2D eigenvalue weighted by atomic mass is 10.00. The highest BCUT2D eigenvalue weighted by molar-refractivity contribution is 14.0. The number of hydrogen-bond acceptors (Lipinski definition) is 2. The minimum atomic E-state index is 0. The van der Waals surface area contributed by atoms with Crippen LogP contribution in [0.5, 0.6) is 0 Å². The average Bonchev–Trinajstić information content (AvgIpc) is 2.48. The molecule has 0 amide bonds. The lowest BCUT2D eigenvalue weighted by Gasteiger charge is -2.14. The van der Waals surface area contributed by atoms with Crippen LogP contribution >= 0.6 is 24.0 Å². The van der Waals surface area contributed by atoms with Crippen LogP contribution in [0.2, 0.25) is 0 Å². The molecule has 0 heterocycles. The minimum absolute atomic E-state index is 0.